The van der Waals surface area contributed by atoms with Crippen LogP contribution in [0.1, 0.15) is 31.5 Å². The smallest absolute Gasteiger partial charge is 0.167 e. The number of halogens is 2. The van der Waals surface area contributed by atoms with Crippen LogP contribution in [0.4, 0.5) is 0 Å². The van der Waals surface area contributed by atoms with Crippen LogP contribution in [0.2, 0.25) is 0 Å². The zero-order chi connectivity index (χ0) is 12.3. The Kier molecular flexibility index (Phi) is 4.26. The lowest BCUT2D eigenvalue weighted by Gasteiger charge is -2.34. The van der Waals surface area contributed by atoms with Crippen molar-refractivity contribution in [3.8, 4) is 0 Å². The minimum atomic E-state index is -0.0668. The maximum Gasteiger partial charge on any atom is 0.175 e. The third kappa shape index (κ3) is 2.74. The molecule has 4 nitrogen and oxygen atoms in total. The van der Waals surface area contributed by atoms with Gasteiger partial charge in [-0.15, -0.1) is 33.4 Å². The van der Waals surface area contributed by atoms with Crippen LogP contribution in [0, 0.1) is 11.3 Å². The Morgan fingerprint density at radius 2 is 1.94 bits per heavy atom. The van der Waals surface area contributed by atoms with Crippen molar-refractivity contribution in [2.75, 3.05) is 11.8 Å². The first-order chi connectivity index (χ1) is 8.20. The van der Waals surface area contributed by atoms with Crippen LogP contribution >= 0.6 is 23.2 Å². The molecule has 1 heterocycles. The molecule has 0 unspecified atom stereocenters. The third-order valence-electron chi connectivity index (χ3n) is 3.81. The van der Waals surface area contributed by atoms with E-state index in [9.17, 15) is 0 Å². The van der Waals surface area contributed by atoms with Gasteiger partial charge >= 0.3 is 0 Å². The van der Waals surface area contributed by atoms with Crippen molar-refractivity contribution in [1.82, 2.24) is 20.2 Å². The first-order valence-corrected chi connectivity index (χ1v) is 7.12. The number of alkyl halides is 2. The summed E-state index contributed by atoms with van der Waals surface area (Å²) in [5.41, 5.74) is -0.0668. The molecule has 1 fully saturated rings. The van der Waals surface area contributed by atoms with Crippen LogP contribution in [-0.2, 0) is 13.5 Å². The minimum absolute atomic E-state index is 0.0668. The fourth-order valence-corrected chi connectivity index (χ4v) is 3.65. The molecule has 6 heteroatoms. The van der Waals surface area contributed by atoms with Gasteiger partial charge in [0.05, 0.1) is 7.05 Å². The largest absolute Gasteiger partial charge is 0.175 e. The number of aryl methyl sites for hydroxylation is 1. The zero-order valence-corrected chi connectivity index (χ0v) is 11.6. The number of hydrogen-bond donors (Lipinski definition) is 0. The van der Waals surface area contributed by atoms with E-state index in [0.29, 0.717) is 17.7 Å². The predicted molar refractivity (Wildman–Crippen MR) is 68.3 cm³/mol. The molecule has 1 aliphatic carbocycles. The minimum Gasteiger partial charge on any atom is -0.167 e. The summed E-state index contributed by atoms with van der Waals surface area (Å²) in [4.78, 5) is 1.48. The van der Waals surface area contributed by atoms with E-state index >= 15 is 0 Å². The van der Waals surface area contributed by atoms with Crippen molar-refractivity contribution in [3.05, 3.63) is 5.82 Å². The summed E-state index contributed by atoms with van der Waals surface area (Å²) in [6.07, 6.45) is 5.75. The Balaban J connectivity index is 2.15. The highest BCUT2D eigenvalue weighted by Crippen LogP contribution is 2.43. The van der Waals surface area contributed by atoms with E-state index in [1.165, 1.54) is 30.5 Å². The van der Waals surface area contributed by atoms with Gasteiger partial charge in [0.2, 0.25) is 0 Å². The van der Waals surface area contributed by atoms with Gasteiger partial charge in [-0.2, -0.15) is 4.80 Å². The van der Waals surface area contributed by atoms with Crippen LogP contribution in [0.3, 0.4) is 0 Å². The Hall–Kier alpha value is -0.350. The fraction of sp³-hybridized carbons (Fsp3) is 0.909. The van der Waals surface area contributed by atoms with Gasteiger partial charge in [0.1, 0.15) is 0 Å². The molecule has 1 aromatic rings. The highest BCUT2D eigenvalue weighted by Gasteiger charge is 2.40. The monoisotopic (exact) mass is 276 g/mol. The molecule has 2 rings (SSSR count). The number of hydrogen-bond acceptors (Lipinski definition) is 3. The third-order valence-corrected chi connectivity index (χ3v) is 4.88. The van der Waals surface area contributed by atoms with Gasteiger partial charge in [-0.05, 0) is 24.0 Å². The number of aromatic nitrogens is 4. The maximum absolute atomic E-state index is 6.19. The molecule has 0 saturated heterocycles. The second-order valence-corrected chi connectivity index (χ2v) is 5.52. The summed E-state index contributed by atoms with van der Waals surface area (Å²) >= 11 is 12.4. The Morgan fingerprint density at radius 1 is 1.29 bits per heavy atom. The number of nitrogens with zero attached hydrogens (tertiary/aromatic N) is 4. The highest BCUT2D eigenvalue weighted by molar-refractivity contribution is 6.21. The molecule has 0 bridgehead atoms. The standard InChI is InChI=1S/C11H18Cl2N4/c1-17-15-10(14-16-17)6-11(7-12,8-13)9-4-2-3-5-9/h9H,2-8H2,1H3. The van der Waals surface area contributed by atoms with E-state index < -0.39 is 0 Å². The van der Waals surface area contributed by atoms with Gasteiger partial charge in [-0.1, -0.05) is 12.8 Å². The zero-order valence-electron chi connectivity index (χ0n) is 10.1. The van der Waals surface area contributed by atoms with E-state index in [2.05, 4.69) is 15.4 Å². The molecule has 1 aromatic heterocycles. The summed E-state index contributed by atoms with van der Waals surface area (Å²) in [6.45, 7) is 0. The van der Waals surface area contributed by atoms with Crippen molar-refractivity contribution in [2.45, 2.75) is 32.1 Å². The molecule has 0 N–H and O–H groups in total. The molecule has 1 saturated carbocycles. The lowest BCUT2D eigenvalue weighted by molar-refractivity contribution is 0.220. The summed E-state index contributed by atoms with van der Waals surface area (Å²) < 4.78 is 0. The average molecular weight is 277 g/mol. The van der Waals surface area contributed by atoms with Crippen LogP contribution in [-0.4, -0.2) is 32.0 Å². The number of tetrazole rings is 1. The molecule has 96 valence electrons. The van der Waals surface area contributed by atoms with E-state index in [1.54, 1.807) is 7.05 Å². The molecule has 0 atom stereocenters. The van der Waals surface area contributed by atoms with Gasteiger partial charge in [0.15, 0.2) is 5.82 Å². The van der Waals surface area contributed by atoms with Crippen LogP contribution in [0.5, 0.6) is 0 Å². The molecular weight excluding hydrogens is 259 g/mol. The molecule has 0 radical (unpaired) electrons. The lowest BCUT2D eigenvalue weighted by atomic mass is 9.74. The first kappa shape index (κ1) is 13.1. The second kappa shape index (κ2) is 5.53. The summed E-state index contributed by atoms with van der Waals surface area (Å²) in [5.74, 6) is 2.49. The van der Waals surface area contributed by atoms with E-state index in [1.807, 2.05) is 0 Å². The highest BCUT2D eigenvalue weighted by atomic mass is 35.5. The Labute approximate surface area is 112 Å². The van der Waals surface area contributed by atoms with Crippen LogP contribution in [0.15, 0.2) is 0 Å². The normalized spacial score (nSPS) is 17.8. The van der Waals surface area contributed by atoms with E-state index in [4.69, 9.17) is 23.2 Å². The Morgan fingerprint density at radius 3 is 2.41 bits per heavy atom. The lowest BCUT2D eigenvalue weighted by Crippen LogP contribution is -2.36. The van der Waals surface area contributed by atoms with Crippen LogP contribution < -0.4 is 0 Å². The van der Waals surface area contributed by atoms with Gasteiger partial charge in [-0.3, -0.25) is 0 Å². The van der Waals surface area contributed by atoms with E-state index in [0.717, 1.165) is 12.2 Å². The van der Waals surface area contributed by atoms with Crippen molar-refractivity contribution < 1.29 is 0 Å². The SMILES string of the molecule is Cn1nnc(CC(CCl)(CCl)C2CCCC2)n1. The predicted octanol–water partition coefficient (Wildman–Crippen LogP) is 2.41. The molecule has 0 spiro atoms. The molecule has 17 heavy (non-hydrogen) atoms. The van der Waals surface area contributed by atoms with Gasteiger partial charge < -0.3 is 0 Å². The van der Waals surface area contributed by atoms with Gasteiger partial charge in [0.25, 0.3) is 0 Å². The fourth-order valence-electron chi connectivity index (χ4n) is 2.74. The summed E-state index contributed by atoms with van der Waals surface area (Å²) in [7, 11) is 1.77. The molecule has 0 aromatic carbocycles. The summed E-state index contributed by atoms with van der Waals surface area (Å²) in [5, 5.41) is 12.2. The number of rotatable bonds is 5. The molecular formula is C11H18Cl2N4. The van der Waals surface area contributed by atoms with Crippen LogP contribution in [0.25, 0.3) is 0 Å². The van der Waals surface area contributed by atoms with Crippen molar-refractivity contribution >= 4 is 23.2 Å². The van der Waals surface area contributed by atoms with E-state index in [-0.39, 0.29) is 5.41 Å². The first-order valence-electron chi connectivity index (χ1n) is 6.05. The van der Waals surface area contributed by atoms with Gasteiger partial charge in [0, 0.05) is 23.6 Å². The Bertz CT molecular complexity index is 356. The molecule has 1 aliphatic rings. The van der Waals surface area contributed by atoms with Crippen molar-refractivity contribution in [2.24, 2.45) is 18.4 Å². The average Bonchev–Trinajstić information content (AvgIpc) is 2.98. The van der Waals surface area contributed by atoms with Crippen molar-refractivity contribution in [3.63, 3.8) is 0 Å². The quantitative estimate of drug-likeness (QED) is 0.776. The molecule has 0 aliphatic heterocycles. The summed E-state index contributed by atoms with van der Waals surface area (Å²) in [6, 6.07) is 0. The van der Waals surface area contributed by atoms with Gasteiger partial charge in [-0.25, -0.2) is 0 Å². The topological polar surface area (TPSA) is 43.6 Å². The maximum atomic E-state index is 6.19. The van der Waals surface area contributed by atoms with Crippen molar-refractivity contribution in [1.29, 1.82) is 0 Å². The second-order valence-electron chi connectivity index (χ2n) is 4.98. The molecule has 0 amide bonds.